The van der Waals surface area contributed by atoms with E-state index in [1.807, 2.05) is 31.2 Å². The van der Waals surface area contributed by atoms with Gasteiger partial charge in [-0.25, -0.2) is 0 Å². The Morgan fingerprint density at radius 2 is 2.00 bits per heavy atom. The Bertz CT molecular complexity index is 404. The number of rotatable bonds is 7. The summed E-state index contributed by atoms with van der Waals surface area (Å²) in [6, 6.07) is 7.67. The largest absolute Gasteiger partial charge is 0.399 e. The Morgan fingerprint density at radius 1 is 1.33 bits per heavy atom. The number of amides is 1. The van der Waals surface area contributed by atoms with Crippen molar-refractivity contribution < 1.29 is 9.00 Å². The second-order valence-electron chi connectivity index (χ2n) is 4.09. The van der Waals surface area contributed by atoms with E-state index in [2.05, 4.69) is 5.32 Å². The van der Waals surface area contributed by atoms with Crippen LogP contribution in [-0.2, 0) is 22.0 Å². The van der Waals surface area contributed by atoms with Crippen LogP contribution < -0.4 is 11.1 Å². The second-order valence-corrected chi connectivity index (χ2v) is 5.66. The van der Waals surface area contributed by atoms with Crippen molar-refractivity contribution in [3.63, 3.8) is 0 Å². The number of carbonyl (C=O) groups excluding carboxylic acids is 1. The van der Waals surface area contributed by atoms with Gasteiger partial charge in [-0.2, -0.15) is 0 Å². The number of nitrogen functional groups attached to an aromatic ring is 1. The zero-order valence-electron chi connectivity index (χ0n) is 10.6. The zero-order valence-corrected chi connectivity index (χ0v) is 11.5. The molecule has 1 amide bonds. The molecule has 0 aliphatic heterocycles. The van der Waals surface area contributed by atoms with Crippen molar-refractivity contribution in [1.82, 2.24) is 5.32 Å². The van der Waals surface area contributed by atoms with E-state index in [4.69, 9.17) is 5.73 Å². The van der Waals surface area contributed by atoms with Gasteiger partial charge in [0.1, 0.15) is 5.75 Å². The van der Waals surface area contributed by atoms with Crippen molar-refractivity contribution in [1.29, 1.82) is 0 Å². The molecule has 1 atom stereocenters. The molecule has 0 aliphatic carbocycles. The standard InChI is InChI=1S/C13H20N2O2S/c1-2-15-13(16)10-18(17)9-3-4-11-5-7-12(14)8-6-11/h5-8H,2-4,9-10,14H2,1H3,(H,15,16). The molecule has 1 rings (SSSR count). The minimum Gasteiger partial charge on any atom is -0.399 e. The molecule has 100 valence electrons. The van der Waals surface area contributed by atoms with Crippen molar-refractivity contribution >= 4 is 22.4 Å². The lowest BCUT2D eigenvalue weighted by molar-refractivity contribution is -0.118. The van der Waals surface area contributed by atoms with Crippen LogP contribution in [0.4, 0.5) is 5.69 Å². The van der Waals surface area contributed by atoms with Crippen LogP contribution in [0.1, 0.15) is 18.9 Å². The molecule has 4 nitrogen and oxygen atoms in total. The van der Waals surface area contributed by atoms with Crippen LogP contribution in [0, 0.1) is 0 Å². The van der Waals surface area contributed by atoms with Crippen molar-refractivity contribution in [3.05, 3.63) is 29.8 Å². The molecule has 1 unspecified atom stereocenters. The molecule has 1 aromatic carbocycles. The van der Waals surface area contributed by atoms with Gasteiger partial charge in [0, 0.05) is 28.8 Å². The Labute approximate surface area is 110 Å². The fourth-order valence-electron chi connectivity index (χ4n) is 1.59. The van der Waals surface area contributed by atoms with Crippen molar-refractivity contribution in [2.75, 3.05) is 23.8 Å². The molecule has 5 heteroatoms. The summed E-state index contributed by atoms with van der Waals surface area (Å²) >= 11 is 0. The molecule has 0 spiro atoms. The van der Waals surface area contributed by atoms with E-state index in [1.165, 1.54) is 5.56 Å². The summed E-state index contributed by atoms with van der Waals surface area (Å²) in [4.78, 5) is 11.2. The highest BCUT2D eigenvalue weighted by Gasteiger charge is 2.06. The van der Waals surface area contributed by atoms with E-state index in [0.29, 0.717) is 12.3 Å². The third-order valence-corrected chi connectivity index (χ3v) is 3.81. The van der Waals surface area contributed by atoms with Gasteiger partial charge < -0.3 is 11.1 Å². The SMILES string of the molecule is CCNC(=O)CS(=O)CCCc1ccc(N)cc1. The first-order valence-corrected chi connectivity index (χ1v) is 7.56. The van der Waals surface area contributed by atoms with Gasteiger partial charge in [0.05, 0.1) is 0 Å². The Balaban J connectivity index is 2.23. The van der Waals surface area contributed by atoms with Gasteiger partial charge in [-0.05, 0) is 37.5 Å². The summed E-state index contributed by atoms with van der Waals surface area (Å²) in [5.74, 6) is 0.528. The summed E-state index contributed by atoms with van der Waals surface area (Å²) in [7, 11) is -1.07. The smallest absolute Gasteiger partial charge is 0.232 e. The summed E-state index contributed by atoms with van der Waals surface area (Å²) < 4.78 is 11.6. The maximum Gasteiger partial charge on any atom is 0.232 e. The van der Waals surface area contributed by atoms with Gasteiger partial charge in [-0.1, -0.05) is 12.1 Å². The zero-order chi connectivity index (χ0) is 13.4. The maximum atomic E-state index is 11.6. The number of anilines is 1. The molecule has 0 bridgehead atoms. The highest BCUT2D eigenvalue weighted by atomic mass is 32.2. The summed E-state index contributed by atoms with van der Waals surface area (Å²) in [6.07, 6.45) is 1.68. The average Bonchev–Trinajstić information content (AvgIpc) is 2.32. The van der Waals surface area contributed by atoms with Crippen LogP contribution in [0.25, 0.3) is 0 Å². The highest BCUT2D eigenvalue weighted by molar-refractivity contribution is 7.85. The Kier molecular flexibility index (Phi) is 6.43. The van der Waals surface area contributed by atoms with Crippen LogP contribution in [0.2, 0.25) is 0 Å². The van der Waals surface area contributed by atoms with E-state index in [0.717, 1.165) is 18.5 Å². The van der Waals surface area contributed by atoms with E-state index in [1.54, 1.807) is 0 Å². The molecule has 0 fully saturated rings. The van der Waals surface area contributed by atoms with E-state index in [-0.39, 0.29) is 11.7 Å². The monoisotopic (exact) mass is 268 g/mol. The first-order valence-electron chi connectivity index (χ1n) is 6.08. The molecule has 0 saturated carbocycles. The van der Waals surface area contributed by atoms with Crippen LogP contribution in [0.15, 0.2) is 24.3 Å². The molecule has 0 radical (unpaired) electrons. The molecule has 0 aliphatic rings. The lowest BCUT2D eigenvalue weighted by Crippen LogP contribution is -2.28. The van der Waals surface area contributed by atoms with Crippen molar-refractivity contribution in [2.45, 2.75) is 19.8 Å². The molecule has 3 N–H and O–H groups in total. The average molecular weight is 268 g/mol. The van der Waals surface area contributed by atoms with Gasteiger partial charge in [0.15, 0.2) is 0 Å². The minimum absolute atomic E-state index is 0.107. The van der Waals surface area contributed by atoms with Gasteiger partial charge >= 0.3 is 0 Å². The van der Waals surface area contributed by atoms with E-state index in [9.17, 15) is 9.00 Å². The number of carbonyl (C=O) groups is 1. The van der Waals surface area contributed by atoms with Gasteiger partial charge in [0.25, 0.3) is 0 Å². The Hall–Kier alpha value is -1.36. The summed E-state index contributed by atoms with van der Waals surface area (Å²) in [5, 5.41) is 2.64. The number of nitrogens with one attached hydrogen (secondary N) is 1. The molecular weight excluding hydrogens is 248 g/mol. The van der Waals surface area contributed by atoms with Crippen LogP contribution in [0.3, 0.4) is 0 Å². The second kappa shape index (κ2) is 7.87. The number of hydrogen-bond acceptors (Lipinski definition) is 3. The van der Waals surface area contributed by atoms with Crippen LogP contribution >= 0.6 is 0 Å². The lowest BCUT2D eigenvalue weighted by atomic mass is 10.1. The quantitative estimate of drug-likeness (QED) is 0.727. The van der Waals surface area contributed by atoms with Crippen molar-refractivity contribution in [2.24, 2.45) is 0 Å². The predicted octanol–water partition coefficient (Wildman–Crippen LogP) is 1.09. The topological polar surface area (TPSA) is 72.2 Å². The summed E-state index contributed by atoms with van der Waals surface area (Å²) in [6.45, 7) is 2.43. The van der Waals surface area contributed by atoms with E-state index >= 15 is 0 Å². The molecule has 0 aromatic heterocycles. The first-order chi connectivity index (χ1) is 8.61. The van der Waals surface area contributed by atoms with Crippen molar-refractivity contribution in [3.8, 4) is 0 Å². The minimum atomic E-state index is -1.07. The first kappa shape index (κ1) is 14.7. The van der Waals surface area contributed by atoms with Gasteiger partial charge in [0.2, 0.25) is 5.91 Å². The van der Waals surface area contributed by atoms with Crippen LogP contribution in [-0.4, -0.2) is 28.2 Å². The lowest BCUT2D eigenvalue weighted by Gasteiger charge is -2.04. The number of benzene rings is 1. The third kappa shape index (κ3) is 5.82. The molecule has 18 heavy (non-hydrogen) atoms. The summed E-state index contributed by atoms with van der Waals surface area (Å²) in [5.41, 5.74) is 7.52. The molecular formula is C13H20N2O2S. The molecule has 0 saturated heterocycles. The number of hydrogen-bond donors (Lipinski definition) is 2. The van der Waals surface area contributed by atoms with Gasteiger partial charge in [-0.3, -0.25) is 9.00 Å². The predicted molar refractivity (Wildman–Crippen MR) is 75.7 cm³/mol. The number of nitrogens with two attached hydrogens (primary N) is 1. The normalized spacial score (nSPS) is 12.1. The van der Waals surface area contributed by atoms with E-state index < -0.39 is 10.8 Å². The Morgan fingerprint density at radius 3 is 2.61 bits per heavy atom. The highest BCUT2D eigenvalue weighted by Crippen LogP contribution is 2.07. The fraction of sp³-hybridized carbons (Fsp3) is 0.462. The number of aryl methyl sites for hydroxylation is 1. The van der Waals surface area contributed by atoms with Gasteiger partial charge in [-0.15, -0.1) is 0 Å². The molecule has 0 heterocycles. The third-order valence-electron chi connectivity index (χ3n) is 2.48. The molecule has 1 aromatic rings. The fourth-order valence-corrected chi connectivity index (χ4v) is 2.59. The van der Waals surface area contributed by atoms with Crippen LogP contribution in [0.5, 0.6) is 0 Å². The maximum absolute atomic E-state index is 11.6.